The van der Waals surface area contributed by atoms with E-state index < -0.39 is 0 Å². The van der Waals surface area contributed by atoms with E-state index in [9.17, 15) is 0 Å². The van der Waals surface area contributed by atoms with Crippen LogP contribution in [0.25, 0.3) is 17.2 Å². The molecule has 26 heavy (non-hydrogen) atoms. The number of hydrogen-bond donors (Lipinski definition) is 1. The molecule has 0 unspecified atom stereocenters. The molecular weight excluding hydrogens is 372 g/mol. The van der Waals surface area contributed by atoms with Crippen molar-refractivity contribution in [2.45, 2.75) is 12.1 Å². The maximum Gasteiger partial charge on any atom is 0.272 e. The Balaban J connectivity index is 1.70. The van der Waals surface area contributed by atoms with Gasteiger partial charge in [-0.2, -0.15) is 9.50 Å². The number of hydrogen-bond acceptors (Lipinski definition) is 8. The van der Waals surface area contributed by atoms with Gasteiger partial charge in [0, 0.05) is 16.9 Å². The van der Waals surface area contributed by atoms with Gasteiger partial charge in [-0.15, -0.1) is 15.3 Å². The molecule has 0 spiro atoms. The van der Waals surface area contributed by atoms with E-state index in [-0.39, 0.29) is 0 Å². The standard InChI is InChI=1S/C16H13ClN8S/c1-9-13(22-23-15-21-16(26-2)24-25(9)15)12-7-8-18-14(20-12)19-11-5-3-10(17)4-6-11/h3-8H,1-2H3,(H,18,19,20). The third kappa shape index (κ3) is 3.18. The number of anilines is 2. The highest BCUT2D eigenvalue weighted by atomic mass is 35.5. The summed E-state index contributed by atoms with van der Waals surface area (Å²) in [6.07, 6.45) is 3.58. The number of rotatable bonds is 4. The molecule has 0 amide bonds. The van der Waals surface area contributed by atoms with Crippen molar-refractivity contribution >= 4 is 40.8 Å². The van der Waals surface area contributed by atoms with Crippen LogP contribution in [-0.4, -0.2) is 41.0 Å². The molecule has 0 aliphatic heterocycles. The zero-order valence-corrected chi connectivity index (χ0v) is 15.5. The van der Waals surface area contributed by atoms with Gasteiger partial charge in [-0.25, -0.2) is 9.97 Å². The fraction of sp³-hybridized carbons (Fsp3) is 0.125. The normalized spacial score (nSPS) is 11.0. The van der Waals surface area contributed by atoms with Gasteiger partial charge in [0.2, 0.25) is 11.1 Å². The summed E-state index contributed by atoms with van der Waals surface area (Å²) in [5.74, 6) is 0.915. The van der Waals surface area contributed by atoms with Gasteiger partial charge in [-0.1, -0.05) is 23.4 Å². The maximum absolute atomic E-state index is 5.91. The van der Waals surface area contributed by atoms with E-state index >= 15 is 0 Å². The number of nitrogens with zero attached hydrogens (tertiary/aromatic N) is 7. The predicted octanol–water partition coefficient (Wildman–Crippen LogP) is 3.40. The van der Waals surface area contributed by atoms with Crippen LogP contribution in [0.2, 0.25) is 5.02 Å². The Hall–Kier alpha value is -2.78. The minimum atomic E-state index is 0.453. The van der Waals surface area contributed by atoms with Crippen molar-refractivity contribution in [2.24, 2.45) is 0 Å². The molecule has 8 nitrogen and oxygen atoms in total. The summed E-state index contributed by atoms with van der Waals surface area (Å²) in [4.78, 5) is 13.1. The lowest BCUT2D eigenvalue weighted by atomic mass is 10.2. The first-order valence-electron chi connectivity index (χ1n) is 7.64. The van der Waals surface area contributed by atoms with E-state index in [2.05, 4.69) is 35.6 Å². The van der Waals surface area contributed by atoms with E-state index in [4.69, 9.17) is 11.6 Å². The summed E-state index contributed by atoms with van der Waals surface area (Å²) < 4.78 is 1.67. The Morgan fingerprint density at radius 2 is 1.88 bits per heavy atom. The van der Waals surface area contributed by atoms with Crippen molar-refractivity contribution in [1.82, 2.24) is 34.8 Å². The Morgan fingerprint density at radius 1 is 1.08 bits per heavy atom. The summed E-state index contributed by atoms with van der Waals surface area (Å²) in [7, 11) is 0. The third-order valence-corrected chi connectivity index (χ3v) is 4.44. The minimum absolute atomic E-state index is 0.453. The molecule has 130 valence electrons. The summed E-state index contributed by atoms with van der Waals surface area (Å²) >= 11 is 7.36. The number of fused-ring (bicyclic) bond motifs is 1. The molecule has 1 aromatic carbocycles. The summed E-state index contributed by atoms with van der Waals surface area (Å²) in [6, 6.07) is 9.09. The van der Waals surface area contributed by atoms with Gasteiger partial charge in [0.25, 0.3) is 5.78 Å². The van der Waals surface area contributed by atoms with Crippen LogP contribution in [0.4, 0.5) is 11.6 Å². The zero-order valence-electron chi connectivity index (χ0n) is 13.9. The van der Waals surface area contributed by atoms with Gasteiger partial charge >= 0.3 is 0 Å². The number of thioether (sulfide) groups is 1. The van der Waals surface area contributed by atoms with E-state index in [1.54, 1.807) is 28.9 Å². The van der Waals surface area contributed by atoms with E-state index in [1.165, 1.54) is 11.8 Å². The van der Waals surface area contributed by atoms with Gasteiger partial charge < -0.3 is 5.32 Å². The molecule has 4 rings (SSSR count). The monoisotopic (exact) mass is 384 g/mol. The maximum atomic E-state index is 5.91. The molecule has 0 aliphatic rings. The first-order valence-corrected chi connectivity index (χ1v) is 9.24. The van der Waals surface area contributed by atoms with Gasteiger partial charge in [0.1, 0.15) is 5.69 Å². The van der Waals surface area contributed by atoms with Crippen molar-refractivity contribution in [3.63, 3.8) is 0 Å². The van der Waals surface area contributed by atoms with Crippen LogP contribution in [0.1, 0.15) is 5.69 Å². The number of aryl methyl sites for hydroxylation is 1. The SMILES string of the molecule is CSc1nc2nnc(-c3ccnc(Nc4ccc(Cl)cc4)n3)c(C)n2n1. The first-order chi connectivity index (χ1) is 12.6. The Morgan fingerprint density at radius 3 is 2.65 bits per heavy atom. The average Bonchev–Trinajstić information content (AvgIpc) is 3.09. The molecule has 0 radical (unpaired) electrons. The molecule has 0 bridgehead atoms. The number of nitrogens with one attached hydrogen (secondary N) is 1. The minimum Gasteiger partial charge on any atom is -0.324 e. The topological polar surface area (TPSA) is 93.8 Å². The lowest BCUT2D eigenvalue weighted by Crippen LogP contribution is -2.05. The molecule has 3 heterocycles. The summed E-state index contributed by atoms with van der Waals surface area (Å²) in [6.45, 7) is 1.91. The van der Waals surface area contributed by atoms with Gasteiger partial charge in [0.15, 0.2) is 0 Å². The smallest absolute Gasteiger partial charge is 0.272 e. The van der Waals surface area contributed by atoms with E-state index in [0.29, 0.717) is 33.3 Å². The van der Waals surface area contributed by atoms with Crippen molar-refractivity contribution in [1.29, 1.82) is 0 Å². The first kappa shape index (κ1) is 16.7. The van der Waals surface area contributed by atoms with Crippen molar-refractivity contribution in [3.05, 3.63) is 47.2 Å². The molecule has 0 aliphatic carbocycles. The van der Waals surface area contributed by atoms with Gasteiger partial charge in [-0.3, -0.25) is 0 Å². The van der Waals surface area contributed by atoms with Gasteiger partial charge in [0.05, 0.1) is 11.4 Å². The molecule has 0 fully saturated rings. The van der Waals surface area contributed by atoms with Crippen LogP contribution >= 0.6 is 23.4 Å². The fourth-order valence-electron chi connectivity index (χ4n) is 2.38. The molecule has 0 saturated heterocycles. The molecule has 0 saturated carbocycles. The van der Waals surface area contributed by atoms with Crippen molar-refractivity contribution in [3.8, 4) is 11.4 Å². The highest BCUT2D eigenvalue weighted by molar-refractivity contribution is 7.98. The molecule has 0 atom stereocenters. The second-order valence-corrected chi connectivity index (χ2v) is 6.55. The Labute approximate surface area is 158 Å². The molecule has 4 aromatic rings. The second kappa shape index (κ2) is 6.85. The number of halogens is 1. The van der Waals surface area contributed by atoms with Crippen LogP contribution in [0, 0.1) is 6.92 Å². The highest BCUT2D eigenvalue weighted by Crippen LogP contribution is 2.22. The van der Waals surface area contributed by atoms with Crippen LogP contribution < -0.4 is 5.32 Å². The molecule has 3 aromatic heterocycles. The zero-order chi connectivity index (χ0) is 18.1. The van der Waals surface area contributed by atoms with E-state index in [0.717, 1.165) is 11.4 Å². The summed E-state index contributed by atoms with van der Waals surface area (Å²) in [5, 5.41) is 17.3. The van der Waals surface area contributed by atoms with Crippen molar-refractivity contribution in [2.75, 3.05) is 11.6 Å². The highest BCUT2D eigenvalue weighted by Gasteiger charge is 2.14. The average molecular weight is 385 g/mol. The fourth-order valence-corrected chi connectivity index (χ4v) is 2.84. The summed E-state index contributed by atoms with van der Waals surface area (Å²) in [5.41, 5.74) is 2.91. The van der Waals surface area contributed by atoms with Gasteiger partial charge in [-0.05, 0) is 43.5 Å². The Kier molecular flexibility index (Phi) is 4.39. The lowest BCUT2D eigenvalue weighted by molar-refractivity contribution is 0.824. The van der Waals surface area contributed by atoms with Crippen molar-refractivity contribution < 1.29 is 0 Å². The molecular formula is C16H13ClN8S. The predicted molar refractivity (Wildman–Crippen MR) is 101 cm³/mol. The van der Waals surface area contributed by atoms with E-state index in [1.807, 2.05) is 25.3 Å². The lowest BCUT2D eigenvalue weighted by Gasteiger charge is -2.08. The third-order valence-electron chi connectivity index (χ3n) is 3.65. The quantitative estimate of drug-likeness (QED) is 0.535. The van der Waals surface area contributed by atoms with Crippen LogP contribution in [-0.2, 0) is 0 Å². The van der Waals surface area contributed by atoms with Crippen LogP contribution in [0.15, 0.2) is 41.7 Å². The second-order valence-electron chi connectivity index (χ2n) is 5.34. The molecule has 1 N–H and O–H groups in total. The number of aromatic nitrogens is 7. The molecule has 10 heteroatoms. The largest absolute Gasteiger partial charge is 0.324 e. The Bertz CT molecular complexity index is 1080. The van der Waals surface area contributed by atoms with Crippen LogP contribution in [0.3, 0.4) is 0 Å². The van der Waals surface area contributed by atoms with Crippen LogP contribution in [0.5, 0.6) is 0 Å². The number of benzene rings is 1.